The van der Waals surface area contributed by atoms with Gasteiger partial charge in [0.05, 0.1) is 5.69 Å². The Hall–Kier alpha value is -1.58. The van der Waals surface area contributed by atoms with Crippen LogP contribution in [0, 0.1) is 11.7 Å². The van der Waals surface area contributed by atoms with Gasteiger partial charge >= 0.3 is 0 Å². The van der Waals surface area contributed by atoms with Gasteiger partial charge in [-0.15, -0.1) is 0 Å². The highest BCUT2D eigenvalue weighted by atomic mass is 19.1. The summed E-state index contributed by atoms with van der Waals surface area (Å²) >= 11 is 0. The molecule has 3 N–H and O–H groups in total. The smallest absolute Gasteiger partial charge is 0.224 e. The van der Waals surface area contributed by atoms with E-state index < -0.39 is 5.82 Å². The van der Waals surface area contributed by atoms with Crippen LogP contribution in [0.1, 0.15) is 26.7 Å². The summed E-state index contributed by atoms with van der Waals surface area (Å²) in [6.45, 7) is 3.99. The minimum atomic E-state index is -0.502. The van der Waals surface area contributed by atoms with Gasteiger partial charge in [0.1, 0.15) is 11.5 Å². The fourth-order valence-corrected chi connectivity index (χ4v) is 1.32. The lowest BCUT2D eigenvalue weighted by Gasteiger charge is -2.11. The molecule has 0 saturated carbocycles. The van der Waals surface area contributed by atoms with Crippen molar-refractivity contribution < 1.29 is 9.18 Å². The Balaban J connectivity index is 2.70. The Bertz CT molecular complexity index is 359. The summed E-state index contributed by atoms with van der Waals surface area (Å²) in [5.74, 6) is -0.420. The zero-order valence-electron chi connectivity index (χ0n) is 9.59. The van der Waals surface area contributed by atoms with Crippen LogP contribution in [0.15, 0.2) is 18.2 Å². The number of rotatable bonds is 4. The second-order valence-corrected chi connectivity index (χ2v) is 3.97. The van der Waals surface area contributed by atoms with Gasteiger partial charge < -0.3 is 11.1 Å². The third-order valence-electron chi connectivity index (χ3n) is 2.54. The summed E-state index contributed by atoms with van der Waals surface area (Å²) < 4.78 is 13.3. The number of anilines is 2. The molecule has 16 heavy (non-hydrogen) atoms. The van der Waals surface area contributed by atoms with Gasteiger partial charge in [0.25, 0.3) is 0 Å². The highest BCUT2D eigenvalue weighted by Crippen LogP contribution is 2.22. The minimum absolute atomic E-state index is 0.0794. The lowest BCUT2D eigenvalue weighted by Crippen LogP contribution is -2.16. The van der Waals surface area contributed by atoms with Crippen molar-refractivity contribution in [2.75, 3.05) is 11.1 Å². The molecule has 1 atom stereocenters. The summed E-state index contributed by atoms with van der Waals surface area (Å²) in [6, 6.07) is 4.34. The molecule has 0 radical (unpaired) electrons. The number of benzene rings is 1. The van der Waals surface area contributed by atoms with Crippen molar-refractivity contribution in [2.45, 2.75) is 26.7 Å². The Morgan fingerprint density at radius 3 is 2.81 bits per heavy atom. The third kappa shape index (κ3) is 3.22. The quantitative estimate of drug-likeness (QED) is 0.773. The van der Waals surface area contributed by atoms with Crippen LogP contribution in [0.3, 0.4) is 0 Å². The van der Waals surface area contributed by atoms with Gasteiger partial charge in [-0.25, -0.2) is 4.39 Å². The normalized spacial score (nSPS) is 12.2. The van der Waals surface area contributed by atoms with Crippen molar-refractivity contribution >= 4 is 17.3 Å². The average Bonchev–Trinajstić information content (AvgIpc) is 2.23. The Morgan fingerprint density at radius 1 is 1.56 bits per heavy atom. The largest absolute Gasteiger partial charge is 0.397 e. The first-order valence-corrected chi connectivity index (χ1v) is 5.38. The lowest BCUT2D eigenvalue weighted by atomic mass is 10.0. The first kappa shape index (κ1) is 12.5. The molecule has 1 amide bonds. The number of carbonyl (C=O) groups is 1. The number of hydrogen-bond acceptors (Lipinski definition) is 2. The van der Waals surface area contributed by atoms with Crippen molar-refractivity contribution in [3.63, 3.8) is 0 Å². The van der Waals surface area contributed by atoms with Crippen LogP contribution in [-0.2, 0) is 4.79 Å². The number of nitrogen functional groups attached to an aromatic ring is 1. The van der Waals surface area contributed by atoms with Crippen molar-refractivity contribution in [1.82, 2.24) is 0 Å². The van der Waals surface area contributed by atoms with Gasteiger partial charge in [0, 0.05) is 6.42 Å². The maximum Gasteiger partial charge on any atom is 0.224 e. The second kappa shape index (κ2) is 5.49. The molecule has 0 bridgehead atoms. The Morgan fingerprint density at radius 2 is 2.25 bits per heavy atom. The van der Waals surface area contributed by atoms with E-state index in [0.717, 1.165) is 6.42 Å². The van der Waals surface area contributed by atoms with Crippen LogP contribution in [0.25, 0.3) is 0 Å². The third-order valence-corrected chi connectivity index (χ3v) is 2.54. The monoisotopic (exact) mass is 224 g/mol. The molecule has 88 valence electrons. The van der Waals surface area contributed by atoms with E-state index >= 15 is 0 Å². The molecule has 0 saturated heterocycles. The highest BCUT2D eigenvalue weighted by Gasteiger charge is 2.12. The Kier molecular flexibility index (Phi) is 4.28. The lowest BCUT2D eigenvalue weighted by molar-refractivity contribution is -0.117. The number of hydrogen-bond donors (Lipinski definition) is 2. The molecular formula is C12H17FN2O. The van der Waals surface area contributed by atoms with E-state index in [4.69, 9.17) is 5.73 Å². The predicted octanol–water partition coefficient (Wildman–Crippen LogP) is 2.78. The molecule has 1 aromatic rings. The zero-order valence-corrected chi connectivity index (χ0v) is 9.59. The minimum Gasteiger partial charge on any atom is -0.397 e. The van der Waals surface area contributed by atoms with Crippen molar-refractivity contribution in [1.29, 1.82) is 0 Å². The van der Waals surface area contributed by atoms with Gasteiger partial charge in [-0.3, -0.25) is 4.79 Å². The molecule has 4 heteroatoms. The second-order valence-electron chi connectivity index (χ2n) is 3.97. The molecular weight excluding hydrogens is 207 g/mol. The van der Waals surface area contributed by atoms with Crippen LogP contribution in [-0.4, -0.2) is 5.91 Å². The zero-order chi connectivity index (χ0) is 12.1. The van der Waals surface area contributed by atoms with E-state index in [-0.39, 0.29) is 23.2 Å². The first-order chi connectivity index (χ1) is 7.54. The number of carbonyl (C=O) groups excluding carboxylic acids is 1. The molecule has 3 nitrogen and oxygen atoms in total. The van der Waals surface area contributed by atoms with E-state index in [9.17, 15) is 9.18 Å². The number of amides is 1. The van der Waals surface area contributed by atoms with Gasteiger partial charge in [-0.2, -0.15) is 0 Å². The summed E-state index contributed by atoms with van der Waals surface area (Å²) in [6.07, 6.45) is 1.30. The molecule has 0 aliphatic heterocycles. The SMILES string of the molecule is CC[C@H](C)CC(=O)Nc1c(N)cccc1F. The van der Waals surface area contributed by atoms with Crippen LogP contribution < -0.4 is 11.1 Å². The van der Waals surface area contributed by atoms with Gasteiger partial charge in [-0.05, 0) is 18.1 Å². The standard InChI is InChI=1S/C12H17FN2O/c1-3-8(2)7-11(16)15-12-9(13)5-4-6-10(12)14/h4-6,8H,3,7,14H2,1-2H3,(H,15,16)/t8-/m0/s1. The Labute approximate surface area is 94.8 Å². The van der Waals surface area contributed by atoms with E-state index in [1.165, 1.54) is 12.1 Å². The number of nitrogens with one attached hydrogen (secondary N) is 1. The van der Waals surface area contributed by atoms with E-state index in [2.05, 4.69) is 5.32 Å². The van der Waals surface area contributed by atoms with Crippen molar-refractivity contribution in [3.05, 3.63) is 24.0 Å². The summed E-state index contributed by atoms with van der Waals surface area (Å²) in [4.78, 5) is 11.6. The van der Waals surface area contributed by atoms with Crippen LogP contribution in [0.5, 0.6) is 0 Å². The molecule has 0 unspecified atom stereocenters. The number of nitrogens with two attached hydrogens (primary N) is 1. The summed E-state index contributed by atoms with van der Waals surface area (Å²) in [5.41, 5.74) is 5.91. The number of halogens is 1. The predicted molar refractivity (Wildman–Crippen MR) is 63.5 cm³/mol. The van der Waals surface area contributed by atoms with Gasteiger partial charge in [0.15, 0.2) is 0 Å². The van der Waals surface area contributed by atoms with Gasteiger partial charge in [-0.1, -0.05) is 26.3 Å². The van der Waals surface area contributed by atoms with Gasteiger partial charge in [0.2, 0.25) is 5.91 Å². The van der Waals surface area contributed by atoms with Crippen molar-refractivity contribution in [2.24, 2.45) is 5.92 Å². The highest BCUT2D eigenvalue weighted by molar-refractivity contribution is 5.94. The van der Waals surface area contributed by atoms with Crippen LogP contribution >= 0.6 is 0 Å². The van der Waals surface area contributed by atoms with E-state index in [1.54, 1.807) is 6.07 Å². The number of para-hydroxylation sites is 1. The molecule has 0 aliphatic rings. The molecule has 0 heterocycles. The average molecular weight is 224 g/mol. The molecule has 1 aromatic carbocycles. The van der Waals surface area contributed by atoms with E-state index in [1.807, 2.05) is 13.8 Å². The maximum absolute atomic E-state index is 13.3. The fraction of sp³-hybridized carbons (Fsp3) is 0.417. The fourth-order valence-electron chi connectivity index (χ4n) is 1.32. The van der Waals surface area contributed by atoms with Crippen LogP contribution in [0.4, 0.5) is 15.8 Å². The molecule has 0 fully saturated rings. The summed E-state index contributed by atoms with van der Waals surface area (Å²) in [7, 11) is 0. The maximum atomic E-state index is 13.3. The summed E-state index contributed by atoms with van der Waals surface area (Å²) in [5, 5.41) is 2.50. The van der Waals surface area contributed by atoms with Crippen LogP contribution in [0.2, 0.25) is 0 Å². The molecule has 0 spiro atoms. The van der Waals surface area contributed by atoms with E-state index in [0.29, 0.717) is 6.42 Å². The molecule has 1 rings (SSSR count). The molecule has 0 aromatic heterocycles. The first-order valence-electron chi connectivity index (χ1n) is 5.38. The topological polar surface area (TPSA) is 55.1 Å². The van der Waals surface area contributed by atoms with Crippen molar-refractivity contribution in [3.8, 4) is 0 Å². The molecule has 0 aliphatic carbocycles.